The van der Waals surface area contributed by atoms with Gasteiger partial charge in [0.05, 0.1) is 6.54 Å². The molecule has 0 aliphatic rings. The second-order valence-electron chi connectivity index (χ2n) is 5.78. The Morgan fingerprint density at radius 2 is 1.54 bits per heavy atom. The van der Waals surface area contributed by atoms with Crippen LogP contribution in [0.1, 0.15) is 27.2 Å². The number of benzene rings is 2. The highest BCUT2D eigenvalue weighted by molar-refractivity contribution is 6.07. The van der Waals surface area contributed by atoms with E-state index in [0.29, 0.717) is 12.1 Å². The summed E-state index contributed by atoms with van der Waals surface area (Å²) in [6.45, 7) is 4.40. The molecule has 0 aliphatic heterocycles. The fourth-order valence-corrected chi connectivity index (χ4v) is 2.67. The Bertz CT molecular complexity index is 829. The number of aromatic nitrogens is 1. The molecule has 0 aliphatic carbocycles. The zero-order valence-electron chi connectivity index (χ0n) is 13.9. The molecule has 3 rings (SSSR count). The molecule has 0 spiro atoms. The van der Waals surface area contributed by atoms with Crippen LogP contribution < -0.4 is 4.90 Å². The molecule has 3 heteroatoms. The highest BCUT2D eigenvalue weighted by atomic mass is 16.2. The van der Waals surface area contributed by atoms with E-state index >= 15 is 0 Å². The van der Waals surface area contributed by atoms with E-state index in [2.05, 4.69) is 4.98 Å². The molecule has 0 fully saturated rings. The minimum atomic E-state index is -0.00643. The van der Waals surface area contributed by atoms with Gasteiger partial charge >= 0.3 is 0 Å². The van der Waals surface area contributed by atoms with E-state index in [9.17, 15) is 4.79 Å². The minimum Gasteiger partial charge on any atom is -0.304 e. The zero-order valence-corrected chi connectivity index (χ0v) is 13.9. The summed E-state index contributed by atoms with van der Waals surface area (Å²) in [6, 6.07) is 21.6. The first kappa shape index (κ1) is 15.9. The lowest BCUT2D eigenvalue weighted by molar-refractivity contribution is 0.0984. The summed E-state index contributed by atoms with van der Waals surface area (Å²) in [7, 11) is 0. The van der Waals surface area contributed by atoms with Gasteiger partial charge < -0.3 is 4.90 Å². The molecule has 24 heavy (non-hydrogen) atoms. The Balaban J connectivity index is 2.01. The van der Waals surface area contributed by atoms with Crippen LogP contribution in [0.5, 0.6) is 0 Å². The summed E-state index contributed by atoms with van der Waals surface area (Å²) in [6.07, 6.45) is 1.70. The lowest BCUT2D eigenvalue weighted by Gasteiger charge is -2.24. The molecule has 0 N–H and O–H groups in total. The van der Waals surface area contributed by atoms with Gasteiger partial charge in [-0.2, -0.15) is 0 Å². The Hall–Kier alpha value is -2.94. The van der Waals surface area contributed by atoms with E-state index in [4.69, 9.17) is 0 Å². The van der Waals surface area contributed by atoms with Crippen molar-refractivity contribution in [2.45, 2.75) is 20.4 Å². The molecule has 120 valence electrons. The SMILES string of the molecule is Cc1nccc(C(=O)N(Cc2ccccc2)c2ccccc2)c1C. The van der Waals surface area contributed by atoms with Crippen molar-refractivity contribution in [2.75, 3.05) is 4.90 Å². The molecule has 1 amide bonds. The zero-order chi connectivity index (χ0) is 16.9. The number of pyridine rings is 1. The number of hydrogen-bond donors (Lipinski definition) is 0. The number of carbonyl (C=O) groups excluding carboxylic acids is 1. The monoisotopic (exact) mass is 316 g/mol. The van der Waals surface area contributed by atoms with Gasteiger partial charge in [0.25, 0.3) is 5.91 Å². The first-order valence-electron chi connectivity index (χ1n) is 8.00. The van der Waals surface area contributed by atoms with Crippen molar-refractivity contribution in [3.8, 4) is 0 Å². The lowest BCUT2D eigenvalue weighted by Crippen LogP contribution is -2.31. The van der Waals surface area contributed by atoms with Crippen LogP contribution >= 0.6 is 0 Å². The normalized spacial score (nSPS) is 10.4. The molecule has 0 unspecified atom stereocenters. The Labute approximate surface area is 142 Å². The second-order valence-corrected chi connectivity index (χ2v) is 5.78. The van der Waals surface area contributed by atoms with Gasteiger partial charge in [0.15, 0.2) is 0 Å². The number of aryl methyl sites for hydroxylation is 1. The van der Waals surface area contributed by atoms with E-state index < -0.39 is 0 Å². The fraction of sp³-hybridized carbons (Fsp3) is 0.143. The quantitative estimate of drug-likeness (QED) is 0.707. The highest BCUT2D eigenvalue weighted by Crippen LogP contribution is 2.22. The number of anilines is 1. The number of nitrogens with zero attached hydrogens (tertiary/aromatic N) is 2. The van der Waals surface area contributed by atoms with Crippen LogP contribution in [0.4, 0.5) is 5.69 Å². The summed E-state index contributed by atoms with van der Waals surface area (Å²) >= 11 is 0. The van der Waals surface area contributed by atoms with E-state index in [1.165, 1.54) is 0 Å². The number of carbonyl (C=O) groups is 1. The molecule has 3 nitrogen and oxygen atoms in total. The van der Waals surface area contributed by atoms with E-state index in [1.807, 2.05) is 79.4 Å². The van der Waals surface area contributed by atoms with Gasteiger partial charge in [-0.3, -0.25) is 9.78 Å². The third kappa shape index (κ3) is 3.35. The number of hydrogen-bond acceptors (Lipinski definition) is 2. The molecule has 2 aromatic carbocycles. The van der Waals surface area contributed by atoms with Gasteiger partial charge in [0.2, 0.25) is 0 Å². The molecule has 1 aromatic heterocycles. The Morgan fingerprint density at radius 1 is 0.917 bits per heavy atom. The van der Waals surface area contributed by atoms with Crippen LogP contribution in [-0.4, -0.2) is 10.9 Å². The summed E-state index contributed by atoms with van der Waals surface area (Å²) < 4.78 is 0. The third-order valence-corrected chi connectivity index (χ3v) is 4.18. The topological polar surface area (TPSA) is 33.2 Å². The summed E-state index contributed by atoms with van der Waals surface area (Å²) in [5, 5.41) is 0. The van der Waals surface area contributed by atoms with Gasteiger partial charge in [-0.1, -0.05) is 48.5 Å². The maximum absolute atomic E-state index is 13.2. The highest BCUT2D eigenvalue weighted by Gasteiger charge is 2.20. The minimum absolute atomic E-state index is 0.00643. The molecule has 0 atom stereocenters. The first-order chi connectivity index (χ1) is 11.7. The van der Waals surface area contributed by atoms with Crippen LogP contribution in [-0.2, 0) is 6.54 Å². The van der Waals surface area contributed by atoms with Crippen molar-refractivity contribution in [3.05, 3.63) is 95.3 Å². The second kappa shape index (κ2) is 7.09. The molecule has 1 heterocycles. The van der Waals surface area contributed by atoms with E-state index in [1.54, 1.807) is 12.3 Å². The Morgan fingerprint density at radius 3 is 2.21 bits per heavy atom. The number of amides is 1. The standard InChI is InChI=1S/C21H20N2O/c1-16-17(2)22-14-13-20(16)21(24)23(19-11-7-4-8-12-19)15-18-9-5-3-6-10-18/h3-14H,15H2,1-2H3. The average Bonchev–Trinajstić information content (AvgIpc) is 2.63. The fourth-order valence-electron chi connectivity index (χ4n) is 2.67. The van der Waals surface area contributed by atoms with E-state index in [-0.39, 0.29) is 5.91 Å². The van der Waals surface area contributed by atoms with Crippen LogP contribution in [0.15, 0.2) is 72.9 Å². The van der Waals surface area contributed by atoms with Crippen molar-refractivity contribution in [2.24, 2.45) is 0 Å². The van der Waals surface area contributed by atoms with Crippen molar-refractivity contribution in [1.29, 1.82) is 0 Å². The van der Waals surface area contributed by atoms with Crippen LogP contribution in [0.25, 0.3) is 0 Å². The van der Waals surface area contributed by atoms with Gasteiger partial charge in [-0.15, -0.1) is 0 Å². The van der Waals surface area contributed by atoms with Crippen molar-refractivity contribution < 1.29 is 4.79 Å². The predicted octanol–water partition coefficient (Wildman–Crippen LogP) is 4.55. The maximum Gasteiger partial charge on any atom is 0.258 e. The summed E-state index contributed by atoms with van der Waals surface area (Å²) in [5.74, 6) is -0.00643. The smallest absolute Gasteiger partial charge is 0.258 e. The maximum atomic E-state index is 13.2. The van der Waals surface area contributed by atoms with Crippen LogP contribution in [0, 0.1) is 13.8 Å². The molecular weight excluding hydrogens is 296 g/mol. The van der Waals surface area contributed by atoms with Crippen molar-refractivity contribution in [3.63, 3.8) is 0 Å². The molecule has 0 saturated heterocycles. The van der Waals surface area contributed by atoms with Crippen LogP contribution in [0.2, 0.25) is 0 Å². The molecular formula is C21H20N2O. The van der Waals surface area contributed by atoms with Gasteiger partial charge in [-0.05, 0) is 43.2 Å². The summed E-state index contributed by atoms with van der Waals surface area (Å²) in [5.41, 5.74) is 4.49. The van der Waals surface area contributed by atoms with Crippen LogP contribution in [0.3, 0.4) is 0 Å². The Kier molecular flexibility index (Phi) is 4.71. The molecule has 0 bridgehead atoms. The third-order valence-electron chi connectivity index (χ3n) is 4.18. The molecule has 0 saturated carbocycles. The van der Waals surface area contributed by atoms with Crippen molar-refractivity contribution >= 4 is 11.6 Å². The number of para-hydroxylation sites is 1. The predicted molar refractivity (Wildman–Crippen MR) is 97.1 cm³/mol. The molecule has 0 radical (unpaired) electrons. The number of rotatable bonds is 4. The largest absolute Gasteiger partial charge is 0.304 e. The van der Waals surface area contributed by atoms with E-state index in [0.717, 1.165) is 22.5 Å². The van der Waals surface area contributed by atoms with Crippen molar-refractivity contribution in [1.82, 2.24) is 4.98 Å². The first-order valence-corrected chi connectivity index (χ1v) is 8.00. The van der Waals surface area contributed by atoms with Gasteiger partial charge in [0, 0.05) is 23.1 Å². The average molecular weight is 316 g/mol. The lowest BCUT2D eigenvalue weighted by atomic mass is 10.1. The van der Waals surface area contributed by atoms with Gasteiger partial charge in [0.1, 0.15) is 0 Å². The van der Waals surface area contributed by atoms with Gasteiger partial charge in [-0.25, -0.2) is 0 Å². The molecule has 3 aromatic rings. The summed E-state index contributed by atoms with van der Waals surface area (Å²) in [4.78, 5) is 19.3.